The Labute approximate surface area is 171 Å². The number of anilines is 1. The van der Waals surface area contributed by atoms with Gasteiger partial charge in [-0.3, -0.25) is 14.6 Å². The van der Waals surface area contributed by atoms with E-state index in [9.17, 15) is 9.59 Å². The van der Waals surface area contributed by atoms with Gasteiger partial charge in [0, 0.05) is 19.2 Å². The van der Waals surface area contributed by atoms with Gasteiger partial charge in [-0.25, -0.2) is 0 Å². The smallest absolute Gasteiger partial charge is 0.247 e. The zero-order chi connectivity index (χ0) is 20.3. The van der Waals surface area contributed by atoms with Crippen molar-refractivity contribution < 1.29 is 14.3 Å². The fraction of sp³-hybridized carbons (Fsp3) is 0.435. The summed E-state index contributed by atoms with van der Waals surface area (Å²) in [6.45, 7) is 2.88. The molecule has 1 aromatic heterocycles. The standard InChI is InChI=1S/C23H27N3O3/c1-23(12-13-23)11-10-21(27)26-15-5-8-19(26)22(28)25-18-7-2-3-9-20(18)29-17-6-4-14-24-16-17/h2-4,6-7,9,14,16,19H,5,8,10-13,15H2,1H3,(H,25,28)/t19-/m0/s1. The monoisotopic (exact) mass is 393 g/mol. The minimum atomic E-state index is -0.416. The molecule has 0 spiro atoms. The Morgan fingerprint density at radius 2 is 2.07 bits per heavy atom. The van der Waals surface area contributed by atoms with Crippen molar-refractivity contribution in [3.63, 3.8) is 0 Å². The topological polar surface area (TPSA) is 71.5 Å². The SMILES string of the molecule is CC1(CCC(=O)N2CCC[C@H]2C(=O)Nc2ccccc2Oc2cccnc2)CC1. The predicted octanol–water partition coefficient (Wildman–Crippen LogP) is 4.38. The van der Waals surface area contributed by atoms with Crippen LogP contribution in [0, 0.1) is 5.41 Å². The number of para-hydroxylation sites is 2. The lowest BCUT2D eigenvalue weighted by atomic mass is 10.0. The van der Waals surface area contributed by atoms with Crippen LogP contribution >= 0.6 is 0 Å². The maximum atomic E-state index is 13.0. The van der Waals surface area contributed by atoms with E-state index in [0.717, 1.165) is 12.8 Å². The van der Waals surface area contributed by atoms with Crippen molar-refractivity contribution in [2.45, 2.75) is 51.5 Å². The second kappa shape index (κ2) is 8.23. The third-order valence-corrected chi connectivity index (χ3v) is 5.93. The Balaban J connectivity index is 1.41. The Kier molecular flexibility index (Phi) is 5.51. The molecule has 1 atom stereocenters. The summed E-state index contributed by atoms with van der Waals surface area (Å²) in [5, 5.41) is 2.96. The molecule has 2 fully saturated rings. The molecule has 0 bridgehead atoms. The third kappa shape index (κ3) is 4.75. The Bertz CT molecular complexity index is 880. The Morgan fingerprint density at radius 3 is 2.83 bits per heavy atom. The molecule has 6 heteroatoms. The van der Waals surface area contributed by atoms with Gasteiger partial charge >= 0.3 is 0 Å². The maximum Gasteiger partial charge on any atom is 0.247 e. The third-order valence-electron chi connectivity index (χ3n) is 5.93. The van der Waals surface area contributed by atoms with Crippen LogP contribution < -0.4 is 10.1 Å². The minimum absolute atomic E-state index is 0.0932. The van der Waals surface area contributed by atoms with Crippen molar-refractivity contribution in [2.75, 3.05) is 11.9 Å². The predicted molar refractivity (Wildman–Crippen MR) is 111 cm³/mol. The number of hydrogen-bond donors (Lipinski definition) is 1. The van der Waals surface area contributed by atoms with E-state index < -0.39 is 6.04 Å². The first-order chi connectivity index (χ1) is 14.0. The van der Waals surface area contributed by atoms with Gasteiger partial charge in [0.15, 0.2) is 5.75 Å². The van der Waals surface area contributed by atoms with Crippen molar-refractivity contribution in [1.82, 2.24) is 9.88 Å². The van der Waals surface area contributed by atoms with Gasteiger partial charge in [0.05, 0.1) is 11.9 Å². The van der Waals surface area contributed by atoms with Gasteiger partial charge in [-0.05, 0) is 61.8 Å². The molecule has 4 rings (SSSR count). The highest BCUT2D eigenvalue weighted by atomic mass is 16.5. The summed E-state index contributed by atoms with van der Waals surface area (Å²) in [7, 11) is 0. The van der Waals surface area contributed by atoms with Crippen LogP contribution in [0.4, 0.5) is 5.69 Å². The van der Waals surface area contributed by atoms with Crippen LogP contribution in [0.1, 0.15) is 45.4 Å². The van der Waals surface area contributed by atoms with Crippen LogP contribution in [-0.2, 0) is 9.59 Å². The number of aromatic nitrogens is 1. The first-order valence-electron chi connectivity index (χ1n) is 10.3. The molecule has 6 nitrogen and oxygen atoms in total. The molecule has 2 aliphatic rings. The quantitative estimate of drug-likeness (QED) is 0.758. The molecule has 1 aliphatic heterocycles. The van der Waals surface area contributed by atoms with Crippen molar-refractivity contribution in [2.24, 2.45) is 5.41 Å². The van der Waals surface area contributed by atoms with Crippen molar-refractivity contribution in [3.05, 3.63) is 48.8 Å². The number of nitrogens with zero attached hydrogens (tertiary/aromatic N) is 2. The van der Waals surface area contributed by atoms with Crippen LogP contribution in [0.5, 0.6) is 11.5 Å². The molecule has 1 aromatic carbocycles. The molecular weight excluding hydrogens is 366 g/mol. The van der Waals surface area contributed by atoms with Crippen LogP contribution in [0.3, 0.4) is 0 Å². The molecule has 2 aromatic rings. The van der Waals surface area contributed by atoms with Gasteiger partial charge in [0.2, 0.25) is 11.8 Å². The molecule has 1 saturated heterocycles. The van der Waals surface area contributed by atoms with Crippen LogP contribution in [-0.4, -0.2) is 34.3 Å². The molecule has 1 aliphatic carbocycles. The second-order valence-corrected chi connectivity index (χ2v) is 8.33. The number of amides is 2. The van der Waals surface area contributed by atoms with Gasteiger partial charge in [-0.15, -0.1) is 0 Å². The van der Waals surface area contributed by atoms with E-state index in [1.165, 1.54) is 12.8 Å². The number of rotatable bonds is 7. The number of carbonyl (C=O) groups excluding carboxylic acids is 2. The van der Waals surface area contributed by atoms with Crippen LogP contribution in [0.15, 0.2) is 48.8 Å². The van der Waals surface area contributed by atoms with Gasteiger partial charge in [0.25, 0.3) is 0 Å². The number of hydrogen-bond acceptors (Lipinski definition) is 4. The number of benzene rings is 1. The molecule has 0 unspecified atom stereocenters. The fourth-order valence-electron chi connectivity index (χ4n) is 3.76. The summed E-state index contributed by atoms with van der Waals surface area (Å²) in [6, 6.07) is 10.5. The number of ether oxygens (including phenoxy) is 1. The molecule has 29 heavy (non-hydrogen) atoms. The molecular formula is C23H27N3O3. The molecule has 2 amide bonds. The summed E-state index contributed by atoms with van der Waals surface area (Å²) in [4.78, 5) is 31.5. The molecule has 2 heterocycles. The average Bonchev–Trinajstić information content (AvgIpc) is 3.26. The van der Waals surface area contributed by atoms with E-state index >= 15 is 0 Å². The molecule has 152 valence electrons. The zero-order valence-corrected chi connectivity index (χ0v) is 16.8. The second-order valence-electron chi connectivity index (χ2n) is 8.33. The summed E-state index contributed by atoms with van der Waals surface area (Å²) in [6.07, 6.45) is 8.71. The van der Waals surface area contributed by atoms with E-state index in [1.807, 2.05) is 18.2 Å². The summed E-state index contributed by atoms with van der Waals surface area (Å²) >= 11 is 0. The lowest BCUT2D eigenvalue weighted by molar-refractivity contribution is -0.136. The van der Waals surface area contributed by atoms with Crippen molar-refractivity contribution >= 4 is 17.5 Å². The first kappa shape index (κ1) is 19.4. The number of likely N-dealkylation sites (tertiary alicyclic amines) is 1. The van der Waals surface area contributed by atoms with Crippen LogP contribution in [0.2, 0.25) is 0 Å². The van der Waals surface area contributed by atoms with Crippen LogP contribution in [0.25, 0.3) is 0 Å². The van der Waals surface area contributed by atoms with Gasteiger partial charge in [-0.2, -0.15) is 0 Å². The number of nitrogens with one attached hydrogen (secondary N) is 1. The number of carbonyl (C=O) groups is 2. The Morgan fingerprint density at radius 1 is 1.24 bits per heavy atom. The van der Waals surface area contributed by atoms with Gasteiger partial charge in [-0.1, -0.05) is 19.1 Å². The van der Waals surface area contributed by atoms with Gasteiger partial charge < -0.3 is 15.0 Å². The summed E-state index contributed by atoms with van der Waals surface area (Å²) in [5.41, 5.74) is 0.932. The molecule has 0 radical (unpaired) electrons. The lowest BCUT2D eigenvalue weighted by Crippen LogP contribution is -2.43. The van der Waals surface area contributed by atoms with E-state index in [1.54, 1.807) is 35.5 Å². The molecule has 1 saturated carbocycles. The lowest BCUT2D eigenvalue weighted by Gasteiger charge is -2.25. The van der Waals surface area contributed by atoms with E-state index in [-0.39, 0.29) is 11.8 Å². The maximum absolute atomic E-state index is 13.0. The van der Waals surface area contributed by atoms with Crippen molar-refractivity contribution in [1.29, 1.82) is 0 Å². The minimum Gasteiger partial charge on any atom is -0.454 e. The zero-order valence-electron chi connectivity index (χ0n) is 16.8. The van der Waals surface area contributed by atoms with E-state index in [0.29, 0.717) is 42.0 Å². The average molecular weight is 393 g/mol. The Hall–Kier alpha value is -2.89. The fourth-order valence-corrected chi connectivity index (χ4v) is 3.76. The summed E-state index contributed by atoms with van der Waals surface area (Å²) in [5.74, 6) is 1.08. The van der Waals surface area contributed by atoms with E-state index in [2.05, 4.69) is 17.2 Å². The van der Waals surface area contributed by atoms with E-state index in [4.69, 9.17) is 4.74 Å². The normalized spacial score (nSPS) is 19.6. The van der Waals surface area contributed by atoms with Crippen molar-refractivity contribution in [3.8, 4) is 11.5 Å². The highest BCUT2D eigenvalue weighted by Gasteiger charge is 2.39. The number of pyridine rings is 1. The molecule has 1 N–H and O–H groups in total. The highest BCUT2D eigenvalue weighted by Crippen LogP contribution is 2.49. The largest absolute Gasteiger partial charge is 0.454 e. The first-order valence-corrected chi connectivity index (χ1v) is 10.3. The highest BCUT2D eigenvalue weighted by molar-refractivity contribution is 5.98. The van der Waals surface area contributed by atoms with Gasteiger partial charge in [0.1, 0.15) is 11.8 Å². The summed E-state index contributed by atoms with van der Waals surface area (Å²) < 4.78 is 5.87.